The zero-order valence-electron chi connectivity index (χ0n) is 18.6. The van der Waals surface area contributed by atoms with Crippen molar-refractivity contribution in [1.29, 1.82) is 0 Å². The molecular formula is C25H25N3O5S. The molecule has 9 heteroatoms. The summed E-state index contributed by atoms with van der Waals surface area (Å²) in [5.41, 5.74) is 5.15. The number of alkyl carbamates (subject to hydrolysis) is 1. The minimum absolute atomic E-state index is 0.0131. The summed E-state index contributed by atoms with van der Waals surface area (Å²) < 4.78 is 5.52. The Labute approximate surface area is 201 Å². The number of hydrogen-bond acceptors (Lipinski definition) is 6. The maximum absolute atomic E-state index is 12.3. The van der Waals surface area contributed by atoms with Crippen LogP contribution in [-0.2, 0) is 27.3 Å². The van der Waals surface area contributed by atoms with Crippen LogP contribution < -0.4 is 10.6 Å². The zero-order valence-corrected chi connectivity index (χ0v) is 19.4. The van der Waals surface area contributed by atoms with Gasteiger partial charge >= 0.3 is 12.1 Å². The molecule has 176 valence electrons. The predicted octanol–water partition coefficient (Wildman–Crippen LogP) is 3.70. The van der Waals surface area contributed by atoms with E-state index >= 15 is 0 Å². The molecule has 0 saturated carbocycles. The lowest BCUT2D eigenvalue weighted by Crippen LogP contribution is -2.41. The van der Waals surface area contributed by atoms with E-state index in [1.165, 1.54) is 22.5 Å². The molecule has 0 saturated heterocycles. The van der Waals surface area contributed by atoms with Crippen molar-refractivity contribution in [3.8, 4) is 11.1 Å². The summed E-state index contributed by atoms with van der Waals surface area (Å²) in [4.78, 5) is 39.8. The number of carboxylic acids is 1. The minimum atomic E-state index is -1.07. The molecule has 8 nitrogen and oxygen atoms in total. The molecule has 1 aromatic heterocycles. The van der Waals surface area contributed by atoms with Crippen molar-refractivity contribution in [3.63, 3.8) is 0 Å². The van der Waals surface area contributed by atoms with Crippen molar-refractivity contribution in [2.24, 2.45) is 0 Å². The van der Waals surface area contributed by atoms with E-state index in [-0.39, 0.29) is 25.5 Å². The number of hydrogen-bond donors (Lipinski definition) is 3. The summed E-state index contributed by atoms with van der Waals surface area (Å²) in [7, 11) is 0. The summed E-state index contributed by atoms with van der Waals surface area (Å²) in [5.74, 6) is -1.49. The van der Waals surface area contributed by atoms with E-state index in [1.807, 2.05) is 24.3 Å². The summed E-state index contributed by atoms with van der Waals surface area (Å²) in [5, 5.41) is 16.6. The molecule has 2 amide bonds. The molecule has 3 N–H and O–H groups in total. The van der Waals surface area contributed by atoms with E-state index in [4.69, 9.17) is 9.84 Å². The number of ether oxygens (including phenoxy) is 1. The number of carboxylic acid groups (broad SMARTS) is 1. The van der Waals surface area contributed by atoms with Crippen molar-refractivity contribution in [3.05, 3.63) is 75.7 Å². The first kappa shape index (κ1) is 23.4. The van der Waals surface area contributed by atoms with Gasteiger partial charge in [0.15, 0.2) is 0 Å². The molecule has 1 aliphatic carbocycles. The van der Waals surface area contributed by atoms with E-state index in [0.29, 0.717) is 17.1 Å². The molecule has 3 aromatic rings. The number of carbonyl (C=O) groups excluding carboxylic acids is 2. The topological polar surface area (TPSA) is 118 Å². The van der Waals surface area contributed by atoms with Crippen molar-refractivity contribution < 1.29 is 24.2 Å². The van der Waals surface area contributed by atoms with Crippen molar-refractivity contribution in [2.75, 3.05) is 6.61 Å². The molecule has 0 radical (unpaired) electrons. The summed E-state index contributed by atoms with van der Waals surface area (Å²) in [6, 6.07) is 15.4. The molecule has 0 bridgehead atoms. The molecule has 0 fully saturated rings. The molecule has 4 rings (SSSR count). The SMILES string of the molecule is CCC(NC(=O)Cc1csc(CNC(=O)OCC2c3ccccc3-c3ccccc32)n1)C(=O)O. The third-order valence-corrected chi connectivity index (χ3v) is 6.61. The Balaban J connectivity index is 1.27. The number of amides is 2. The van der Waals surface area contributed by atoms with Crippen LogP contribution in [0.4, 0.5) is 4.79 Å². The second-order valence-corrected chi connectivity index (χ2v) is 8.90. The summed E-state index contributed by atoms with van der Waals surface area (Å²) in [6.07, 6.45) is -0.262. The van der Waals surface area contributed by atoms with E-state index < -0.39 is 24.0 Å². The average molecular weight is 480 g/mol. The Kier molecular flexibility index (Phi) is 7.22. The standard InChI is InChI=1S/C25H25N3O5S/c1-2-21(24(30)31)28-22(29)11-15-14-34-23(27-15)12-26-25(32)33-13-20-18-9-5-3-7-16(18)17-8-4-6-10-19(17)20/h3-10,14,20-21H,2,11-13H2,1H3,(H,26,32)(H,28,29)(H,30,31). The normalized spacial score (nSPS) is 13.0. The van der Waals surface area contributed by atoms with Crippen LogP contribution in [0.1, 0.15) is 41.1 Å². The van der Waals surface area contributed by atoms with Crippen molar-refractivity contribution >= 4 is 29.3 Å². The molecule has 1 unspecified atom stereocenters. The van der Waals surface area contributed by atoms with Crippen LogP contribution in [0.2, 0.25) is 0 Å². The van der Waals surface area contributed by atoms with E-state index in [1.54, 1.807) is 12.3 Å². The molecule has 2 aromatic carbocycles. The first-order valence-electron chi connectivity index (χ1n) is 11.0. The molecule has 1 heterocycles. The minimum Gasteiger partial charge on any atom is -0.480 e. The lowest BCUT2D eigenvalue weighted by molar-refractivity contribution is -0.141. The van der Waals surface area contributed by atoms with E-state index in [0.717, 1.165) is 11.1 Å². The van der Waals surface area contributed by atoms with Crippen LogP contribution in [0.3, 0.4) is 0 Å². The summed E-state index contributed by atoms with van der Waals surface area (Å²) >= 11 is 1.31. The van der Waals surface area contributed by atoms with Crippen LogP contribution in [0, 0.1) is 0 Å². The Morgan fingerprint density at radius 1 is 1.09 bits per heavy atom. The molecule has 0 aliphatic heterocycles. The fourth-order valence-electron chi connectivity index (χ4n) is 4.06. The number of carbonyl (C=O) groups is 3. The number of rotatable bonds is 9. The number of aliphatic carboxylic acids is 1. The molecule has 1 aliphatic rings. The highest BCUT2D eigenvalue weighted by atomic mass is 32.1. The van der Waals surface area contributed by atoms with Gasteiger partial charge in [0.1, 0.15) is 17.7 Å². The van der Waals surface area contributed by atoms with Gasteiger partial charge in [-0.25, -0.2) is 14.6 Å². The monoisotopic (exact) mass is 479 g/mol. The highest BCUT2D eigenvalue weighted by Crippen LogP contribution is 2.44. The molecule has 34 heavy (non-hydrogen) atoms. The highest BCUT2D eigenvalue weighted by Gasteiger charge is 2.29. The lowest BCUT2D eigenvalue weighted by atomic mass is 9.98. The van der Waals surface area contributed by atoms with Crippen LogP contribution in [-0.4, -0.2) is 40.7 Å². The Bertz CT molecular complexity index is 1160. The lowest BCUT2D eigenvalue weighted by Gasteiger charge is -2.14. The van der Waals surface area contributed by atoms with Crippen LogP contribution >= 0.6 is 11.3 Å². The third-order valence-electron chi connectivity index (χ3n) is 5.71. The third kappa shape index (κ3) is 5.26. The number of nitrogens with zero attached hydrogens (tertiary/aromatic N) is 1. The fourth-order valence-corrected chi connectivity index (χ4v) is 4.79. The Morgan fingerprint density at radius 2 is 1.74 bits per heavy atom. The highest BCUT2D eigenvalue weighted by molar-refractivity contribution is 7.09. The number of nitrogens with one attached hydrogen (secondary N) is 2. The average Bonchev–Trinajstić information content (AvgIpc) is 3.41. The van der Waals surface area contributed by atoms with Gasteiger partial charge in [-0.2, -0.15) is 0 Å². The van der Waals surface area contributed by atoms with Gasteiger partial charge in [0.05, 0.1) is 18.7 Å². The second kappa shape index (κ2) is 10.5. The molecular weight excluding hydrogens is 454 g/mol. The quantitative estimate of drug-likeness (QED) is 0.431. The fraction of sp³-hybridized carbons (Fsp3) is 0.280. The van der Waals surface area contributed by atoms with Crippen LogP contribution in [0.25, 0.3) is 11.1 Å². The van der Waals surface area contributed by atoms with Crippen molar-refractivity contribution in [2.45, 2.75) is 38.3 Å². The smallest absolute Gasteiger partial charge is 0.407 e. The Hall–Kier alpha value is -3.72. The predicted molar refractivity (Wildman–Crippen MR) is 128 cm³/mol. The summed E-state index contributed by atoms with van der Waals surface area (Å²) in [6.45, 7) is 2.09. The zero-order chi connectivity index (χ0) is 24.1. The van der Waals surface area contributed by atoms with Gasteiger partial charge in [-0.3, -0.25) is 4.79 Å². The first-order chi connectivity index (χ1) is 16.5. The second-order valence-electron chi connectivity index (χ2n) is 7.96. The van der Waals surface area contributed by atoms with Crippen LogP contribution in [0.15, 0.2) is 53.9 Å². The van der Waals surface area contributed by atoms with Gasteiger partial charge in [0.25, 0.3) is 0 Å². The molecule has 1 atom stereocenters. The van der Waals surface area contributed by atoms with E-state index in [2.05, 4.69) is 39.9 Å². The number of fused-ring (bicyclic) bond motifs is 3. The Morgan fingerprint density at radius 3 is 2.35 bits per heavy atom. The first-order valence-corrected chi connectivity index (χ1v) is 11.9. The van der Waals surface area contributed by atoms with Gasteiger partial charge in [0, 0.05) is 11.3 Å². The molecule has 0 spiro atoms. The van der Waals surface area contributed by atoms with Gasteiger partial charge < -0.3 is 20.5 Å². The van der Waals surface area contributed by atoms with Crippen LogP contribution in [0.5, 0.6) is 0 Å². The van der Waals surface area contributed by atoms with Crippen molar-refractivity contribution in [1.82, 2.24) is 15.6 Å². The largest absolute Gasteiger partial charge is 0.480 e. The van der Waals surface area contributed by atoms with Gasteiger partial charge in [-0.05, 0) is 28.7 Å². The maximum atomic E-state index is 12.3. The van der Waals surface area contributed by atoms with Gasteiger partial charge in [-0.1, -0.05) is 55.5 Å². The maximum Gasteiger partial charge on any atom is 0.407 e. The van der Waals surface area contributed by atoms with E-state index in [9.17, 15) is 14.4 Å². The van der Waals surface area contributed by atoms with Gasteiger partial charge in [-0.15, -0.1) is 11.3 Å². The number of aromatic nitrogens is 1. The number of thiazole rings is 1. The number of benzene rings is 2. The van der Waals surface area contributed by atoms with Gasteiger partial charge in [0.2, 0.25) is 5.91 Å².